The molecule has 1 aromatic carbocycles. The van der Waals surface area contributed by atoms with E-state index in [2.05, 4.69) is 39.4 Å². The molecule has 0 radical (unpaired) electrons. The van der Waals surface area contributed by atoms with E-state index in [0.717, 1.165) is 29.9 Å². The van der Waals surface area contributed by atoms with Gasteiger partial charge in [0.2, 0.25) is 0 Å². The average Bonchev–Trinajstić information content (AvgIpc) is 2.28. The first-order chi connectivity index (χ1) is 7.34. The molecular formula is C11H14BrNOS. The van der Waals surface area contributed by atoms with Gasteiger partial charge in [-0.25, -0.2) is 0 Å². The first-order valence-electron chi connectivity index (χ1n) is 5.05. The molecule has 4 heteroatoms. The first-order valence-corrected chi connectivity index (χ1v) is 6.83. The van der Waals surface area contributed by atoms with E-state index >= 15 is 0 Å². The predicted octanol–water partition coefficient (Wildman–Crippen LogP) is 2.53. The van der Waals surface area contributed by atoms with Gasteiger partial charge in [0.15, 0.2) is 0 Å². The van der Waals surface area contributed by atoms with Crippen molar-refractivity contribution in [3.63, 3.8) is 0 Å². The molecule has 0 bridgehead atoms. The maximum Gasteiger partial charge on any atom is 0.0793 e. The van der Waals surface area contributed by atoms with Gasteiger partial charge < -0.3 is 10.1 Å². The third-order valence-electron chi connectivity index (χ3n) is 2.24. The number of hydrogen-bond acceptors (Lipinski definition) is 3. The summed E-state index contributed by atoms with van der Waals surface area (Å²) < 4.78 is 6.77. The number of nitrogens with one attached hydrogen (secondary N) is 1. The van der Waals surface area contributed by atoms with Crippen LogP contribution in [0.15, 0.2) is 33.6 Å². The van der Waals surface area contributed by atoms with Gasteiger partial charge in [0.25, 0.3) is 0 Å². The Hall–Kier alpha value is -0.0300. The number of thioether (sulfide) groups is 1. The topological polar surface area (TPSA) is 21.3 Å². The van der Waals surface area contributed by atoms with E-state index in [0.29, 0.717) is 6.10 Å². The molecule has 1 unspecified atom stereocenters. The van der Waals surface area contributed by atoms with Crippen molar-refractivity contribution < 1.29 is 4.74 Å². The molecule has 0 saturated carbocycles. The molecule has 0 spiro atoms. The van der Waals surface area contributed by atoms with Gasteiger partial charge in [0.05, 0.1) is 12.7 Å². The highest BCUT2D eigenvalue weighted by atomic mass is 79.9. The molecule has 1 aromatic rings. The second kappa shape index (κ2) is 5.89. The Kier molecular flexibility index (Phi) is 4.50. The van der Waals surface area contributed by atoms with Crippen LogP contribution in [0.25, 0.3) is 0 Å². The molecule has 2 nitrogen and oxygen atoms in total. The molecule has 1 fully saturated rings. The SMILES string of the molecule is Brc1cccc(SCC2CNCCO2)c1. The maximum absolute atomic E-state index is 5.63. The zero-order valence-electron chi connectivity index (χ0n) is 8.41. The van der Waals surface area contributed by atoms with Gasteiger partial charge in [-0.15, -0.1) is 11.8 Å². The molecule has 1 aliphatic heterocycles. The average molecular weight is 288 g/mol. The zero-order chi connectivity index (χ0) is 10.5. The standard InChI is InChI=1S/C11H14BrNOS/c12-9-2-1-3-11(6-9)15-8-10-7-13-4-5-14-10/h1-3,6,10,13H,4-5,7-8H2. The van der Waals surface area contributed by atoms with Gasteiger partial charge in [0, 0.05) is 28.2 Å². The number of ether oxygens (including phenoxy) is 1. The second-order valence-electron chi connectivity index (χ2n) is 3.47. The van der Waals surface area contributed by atoms with Crippen molar-refractivity contribution in [3.8, 4) is 0 Å². The number of hydrogen-bond donors (Lipinski definition) is 1. The molecule has 1 aliphatic rings. The van der Waals surface area contributed by atoms with Crippen molar-refractivity contribution in [1.29, 1.82) is 0 Å². The van der Waals surface area contributed by atoms with Gasteiger partial charge in [-0.2, -0.15) is 0 Å². The second-order valence-corrected chi connectivity index (χ2v) is 5.47. The molecule has 1 saturated heterocycles. The minimum Gasteiger partial charge on any atom is -0.375 e. The minimum atomic E-state index is 0.350. The van der Waals surface area contributed by atoms with Crippen molar-refractivity contribution in [2.24, 2.45) is 0 Å². The van der Waals surface area contributed by atoms with Crippen molar-refractivity contribution in [2.75, 3.05) is 25.4 Å². The van der Waals surface area contributed by atoms with Crippen LogP contribution in [-0.2, 0) is 4.74 Å². The molecular weight excluding hydrogens is 274 g/mol. The third-order valence-corrected chi connectivity index (χ3v) is 3.86. The fourth-order valence-corrected chi connectivity index (χ4v) is 3.00. The Morgan fingerprint density at radius 3 is 3.20 bits per heavy atom. The van der Waals surface area contributed by atoms with Crippen LogP contribution in [0.2, 0.25) is 0 Å². The Morgan fingerprint density at radius 2 is 2.47 bits per heavy atom. The molecule has 1 N–H and O–H groups in total. The fourth-order valence-electron chi connectivity index (χ4n) is 1.47. The lowest BCUT2D eigenvalue weighted by atomic mass is 10.3. The van der Waals surface area contributed by atoms with E-state index in [1.54, 1.807) is 0 Å². The molecule has 2 rings (SSSR count). The van der Waals surface area contributed by atoms with Crippen molar-refractivity contribution in [2.45, 2.75) is 11.0 Å². The van der Waals surface area contributed by atoms with Gasteiger partial charge in [-0.1, -0.05) is 22.0 Å². The van der Waals surface area contributed by atoms with Gasteiger partial charge in [-0.05, 0) is 18.2 Å². The molecule has 0 aliphatic carbocycles. The van der Waals surface area contributed by atoms with E-state index < -0.39 is 0 Å². The van der Waals surface area contributed by atoms with Gasteiger partial charge in [-0.3, -0.25) is 0 Å². The summed E-state index contributed by atoms with van der Waals surface area (Å²) in [4.78, 5) is 1.29. The number of benzene rings is 1. The number of halogens is 1. The summed E-state index contributed by atoms with van der Waals surface area (Å²) in [5.41, 5.74) is 0. The lowest BCUT2D eigenvalue weighted by molar-refractivity contribution is 0.0441. The summed E-state index contributed by atoms with van der Waals surface area (Å²) in [5.74, 6) is 1.02. The monoisotopic (exact) mass is 287 g/mol. The predicted molar refractivity (Wildman–Crippen MR) is 67.5 cm³/mol. The Morgan fingerprint density at radius 1 is 1.53 bits per heavy atom. The van der Waals surface area contributed by atoms with Crippen molar-refractivity contribution in [1.82, 2.24) is 5.32 Å². The van der Waals surface area contributed by atoms with Gasteiger partial charge >= 0.3 is 0 Å². The van der Waals surface area contributed by atoms with E-state index in [-0.39, 0.29) is 0 Å². The normalized spacial score (nSPS) is 21.5. The van der Waals surface area contributed by atoms with E-state index in [1.807, 2.05) is 17.8 Å². The summed E-state index contributed by atoms with van der Waals surface area (Å²) in [5, 5.41) is 3.33. The lowest BCUT2D eigenvalue weighted by Gasteiger charge is -2.23. The Balaban J connectivity index is 1.81. The maximum atomic E-state index is 5.63. The molecule has 15 heavy (non-hydrogen) atoms. The smallest absolute Gasteiger partial charge is 0.0793 e. The van der Waals surface area contributed by atoms with Crippen LogP contribution in [-0.4, -0.2) is 31.6 Å². The van der Waals surface area contributed by atoms with Crippen LogP contribution in [0, 0.1) is 0 Å². The van der Waals surface area contributed by atoms with Crippen LogP contribution in [0.5, 0.6) is 0 Å². The van der Waals surface area contributed by atoms with Crippen LogP contribution in [0.3, 0.4) is 0 Å². The third kappa shape index (κ3) is 3.79. The summed E-state index contributed by atoms with van der Waals surface area (Å²) >= 11 is 5.32. The summed E-state index contributed by atoms with van der Waals surface area (Å²) in [6.07, 6.45) is 0.350. The number of morpholine rings is 1. The van der Waals surface area contributed by atoms with Crippen molar-refractivity contribution >= 4 is 27.7 Å². The highest BCUT2D eigenvalue weighted by Gasteiger charge is 2.13. The minimum absolute atomic E-state index is 0.350. The fraction of sp³-hybridized carbons (Fsp3) is 0.455. The summed E-state index contributed by atoms with van der Waals surface area (Å²) in [6, 6.07) is 8.38. The van der Waals surface area contributed by atoms with Crippen molar-refractivity contribution in [3.05, 3.63) is 28.7 Å². The quantitative estimate of drug-likeness (QED) is 0.864. The summed E-state index contributed by atoms with van der Waals surface area (Å²) in [7, 11) is 0. The van der Waals surface area contributed by atoms with E-state index in [1.165, 1.54) is 4.90 Å². The van der Waals surface area contributed by atoms with Crippen LogP contribution >= 0.6 is 27.7 Å². The first kappa shape index (κ1) is 11.5. The largest absolute Gasteiger partial charge is 0.375 e. The molecule has 82 valence electrons. The molecule has 1 heterocycles. The van der Waals surface area contributed by atoms with E-state index in [4.69, 9.17) is 4.74 Å². The van der Waals surface area contributed by atoms with Gasteiger partial charge in [0.1, 0.15) is 0 Å². The molecule has 0 amide bonds. The van der Waals surface area contributed by atoms with E-state index in [9.17, 15) is 0 Å². The molecule has 0 aromatic heterocycles. The summed E-state index contributed by atoms with van der Waals surface area (Å²) in [6.45, 7) is 2.79. The zero-order valence-corrected chi connectivity index (χ0v) is 10.8. The van der Waals surface area contributed by atoms with Crippen LogP contribution < -0.4 is 5.32 Å². The Bertz CT molecular complexity index is 315. The molecule has 1 atom stereocenters. The highest BCUT2D eigenvalue weighted by molar-refractivity contribution is 9.10. The highest BCUT2D eigenvalue weighted by Crippen LogP contribution is 2.23. The Labute approximate surface area is 103 Å². The lowest BCUT2D eigenvalue weighted by Crippen LogP contribution is -2.39. The van der Waals surface area contributed by atoms with Crippen LogP contribution in [0.4, 0.5) is 0 Å². The van der Waals surface area contributed by atoms with Crippen LogP contribution in [0.1, 0.15) is 0 Å². The number of rotatable bonds is 3.